The summed E-state index contributed by atoms with van der Waals surface area (Å²) >= 11 is 0. The molecule has 0 bridgehead atoms. The zero-order valence-corrected chi connectivity index (χ0v) is 21.2. The van der Waals surface area contributed by atoms with Crippen LogP contribution >= 0.6 is 0 Å². The van der Waals surface area contributed by atoms with Gasteiger partial charge in [0.1, 0.15) is 18.1 Å². The van der Waals surface area contributed by atoms with Crippen molar-refractivity contribution in [3.63, 3.8) is 0 Å². The van der Waals surface area contributed by atoms with Gasteiger partial charge < -0.3 is 26.2 Å². The number of hydrogen-bond donors (Lipinski definition) is 4. The summed E-state index contributed by atoms with van der Waals surface area (Å²) in [6.45, 7) is 9.95. The lowest BCUT2D eigenvalue weighted by Gasteiger charge is -2.29. The Morgan fingerprint density at radius 3 is 2.21 bits per heavy atom. The van der Waals surface area contributed by atoms with Crippen LogP contribution in [0.5, 0.6) is 0 Å². The SMILES string of the molecule is CCC[C@H](NC(=O)[C@@H](NC(=O)C1CCCN1C(=O)[C@@H](C)/C=C/[C@H](C)NC)C(C)C)C(=O)NC. The molecule has 9 heteroatoms. The van der Waals surface area contributed by atoms with Crippen molar-refractivity contribution in [1.29, 1.82) is 0 Å². The molecule has 1 heterocycles. The molecule has 0 aromatic rings. The molecule has 9 nitrogen and oxygen atoms in total. The van der Waals surface area contributed by atoms with Crippen LogP contribution in [0.2, 0.25) is 0 Å². The molecule has 0 aromatic heterocycles. The Balaban J connectivity index is 2.88. The fraction of sp³-hybridized carbons (Fsp3) is 0.750. The minimum Gasteiger partial charge on any atom is -0.357 e. The number of nitrogens with zero attached hydrogens (tertiary/aromatic N) is 1. The molecule has 1 fully saturated rings. The number of carbonyl (C=O) groups is 4. The second-order valence-electron chi connectivity index (χ2n) is 9.13. The molecule has 0 spiro atoms. The van der Waals surface area contributed by atoms with Crippen LogP contribution in [0.25, 0.3) is 0 Å². The van der Waals surface area contributed by atoms with Crippen molar-refractivity contribution >= 4 is 23.6 Å². The quantitative estimate of drug-likeness (QED) is 0.320. The van der Waals surface area contributed by atoms with E-state index in [-0.39, 0.29) is 35.6 Å². The van der Waals surface area contributed by atoms with Gasteiger partial charge in [-0.2, -0.15) is 0 Å². The van der Waals surface area contributed by atoms with E-state index in [1.165, 1.54) is 7.05 Å². The molecule has 1 unspecified atom stereocenters. The van der Waals surface area contributed by atoms with Crippen LogP contribution in [0.4, 0.5) is 0 Å². The molecule has 188 valence electrons. The maximum absolute atomic E-state index is 13.1. The molecule has 4 N–H and O–H groups in total. The zero-order valence-electron chi connectivity index (χ0n) is 21.2. The third-order valence-electron chi connectivity index (χ3n) is 6.08. The number of likely N-dealkylation sites (N-methyl/N-ethyl adjacent to an activating group) is 2. The van der Waals surface area contributed by atoms with Gasteiger partial charge in [0.15, 0.2) is 0 Å². The Labute approximate surface area is 198 Å². The minimum atomic E-state index is -0.798. The second-order valence-corrected chi connectivity index (χ2v) is 9.13. The lowest BCUT2D eigenvalue weighted by Crippen LogP contribution is -2.58. The van der Waals surface area contributed by atoms with Gasteiger partial charge in [0.2, 0.25) is 23.6 Å². The van der Waals surface area contributed by atoms with Crippen LogP contribution in [-0.2, 0) is 19.2 Å². The van der Waals surface area contributed by atoms with Crippen LogP contribution in [0.1, 0.15) is 60.3 Å². The van der Waals surface area contributed by atoms with E-state index in [1.807, 2.05) is 53.8 Å². The molecule has 1 aliphatic heterocycles. The Morgan fingerprint density at radius 2 is 1.67 bits per heavy atom. The number of carbonyl (C=O) groups excluding carboxylic acids is 4. The van der Waals surface area contributed by atoms with Gasteiger partial charge >= 0.3 is 0 Å². The molecular formula is C24H43N5O4. The number of hydrogen-bond acceptors (Lipinski definition) is 5. The highest BCUT2D eigenvalue weighted by Gasteiger charge is 2.37. The van der Waals surface area contributed by atoms with Gasteiger partial charge in [-0.05, 0) is 39.2 Å². The highest BCUT2D eigenvalue weighted by molar-refractivity contribution is 5.94. The van der Waals surface area contributed by atoms with Crippen LogP contribution in [0.15, 0.2) is 12.2 Å². The molecule has 0 aliphatic carbocycles. The Bertz CT molecular complexity index is 709. The van der Waals surface area contributed by atoms with Crippen LogP contribution in [0.3, 0.4) is 0 Å². The summed E-state index contributed by atoms with van der Waals surface area (Å²) in [7, 11) is 3.38. The van der Waals surface area contributed by atoms with Gasteiger partial charge in [-0.3, -0.25) is 19.2 Å². The first-order chi connectivity index (χ1) is 15.6. The first kappa shape index (κ1) is 28.6. The van der Waals surface area contributed by atoms with Crippen molar-refractivity contribution < 1.29 is 19.2 Å². The topological polar surface area (TPSA) is 120 Å². The van der Waals surface area contributed by atoms with Gasteiger partial charge in [-0.15, -0.1) is 0 Å². The van der Waals surface area contributed by atoms with Crippen molar-refractivity contribution in [2.75, 3.05) is 20.6 Å². The van der Waals surface area contributed by atoms with E-state index in [0.29, 0.717) is 19.4 Å². The zero-order chi connectivity index (χ0) is 25.1. The molecule has 5 atom stereocenters. The van der Waals surface area contributed by atoms with E-state index >= 15 is 0 Å². The fourth-order valence-electron chi connectivity index (χ4n) is 3.85. The predicted octanol–water partition coefficient (Wildman–Crippen LogP) is 0.949. The summed E-state index contributed by atoms with van der Waals surface area (Å²) in [5, 5.41) is 11.3. The van der Waals surface area contributed by atoms with E-state index in [9.17, 15) is 19.2 Å². The lowest BCUT2D eigenvalue weighted by atomic mass is 10.0. The molecule has 1 aliphatic rings. The Kier molecular flexibility index (Phi) is 12.1. The van der Waals surface area contributed by atoms with E-state index < -0.39 is 24.0 Å². The molecule has 0 saturated carbocycles. The summed E-state index contributed by atoms with van der Waals surface area (Å²) in [6.07, 6.45) is 6.33. The third kappa shape index (κ3) is 8.46. The van der Waals surface area contributed by atoms with Crippen molar-refractivity contribution in [3.8, 4) is 0 Å². The number of rotatable bonds is 12. The maximum Gasteiger partial charge on any atom is 0.243 e. The van der Waals surface area contributed by atoms with Crippen molar-refractivity contribution in [2.45, 2.75) is 84.5 Å². The number of amides is 4. The standard InChI is InChI=1S/C24H43N5O4/c1-8-10-18(21(30)26-7)27-23(32)20(15(2)3)28-22(31)19-11-9-14-29(19)24(33)16(4)12-13-17(5)25-6/h12-13,15-20,25H,8-11,14H2,1-7H3,(H,26,30)(H,27,32)(H,28,31)/b13-12+/t16-,17-,18-,19?,20-/m0/s1. The van der Waals surface area contributed by atoms with Crippen molar-refractivity contribution in [3.05, 3.63) is 12.2 Å². The summed E-state index contributed by atoms with van der Waals surface area (Å²) in [4.78, 5) is 52.8. The third-order valence-corrected chi connectivity index (χ3v) is 6.08. The van der Waals surface area contributed by atoms with Gasteiger partial charge in [-0.1, -0.05) is 46.3 Å². The average Bonchev–Trinajstić information content (AvgIpc) is 3.28. The Hall–Kier alpha value is -2.42. The number of nitrogens with one attached hydrogen (secondary N) is 4. The minimum absolute atomic E-state index is 0.0969. The van der Waals surface area contributed by atoms with Crippen LogP contribution in [0, 0.1) is 11.8 Å². The highest BCUT2D eigenvalue weighted by atomic mass is 16.2. The number of likely N-dealkylation sites (tertiary alicyclic amines) is 1. The first-order valence-electron chi connectivity index (χ1n) is 12.1. The molecule has 0 aromatic carbocycles. The lowest BCUT2D eigenvalue weighted by molar-refractivity contribution is -0.141. The summed E-state index contributed by atoms with van der Waals surface area (Å²) < 4.78 is 0. The predicted molar refractivity (Wildman–Crippen MR) is 129 cm³/mol. The van der Waals surface area contributed by atoms with Gasteiger partial charge in [0.25, 0.3) is 0 Å². The molecular weight excluding hydrogens is 422 g/mol. The van der Waals surface area contributed by atoms with Crippen molar-refractivity contribution in [2.24, 2.45) is 11.8 Å². The van der Waals surface area contributed by atoms with Gasteiger partial charge in [0, 0.05) is 19.6 Å². The largest absolute Gasteiger partial charge is 0.357 e. The van der Waals surface area contributed by atoms with Gasteiger partial charge in [-0.25, -0.2) is 0 Å². The van der Waals surface area contributed by atoms with E-state index in [1.54, 1.807) is 4.90 Å². The normalized spacial score (nSPS) is 19.8. The Morgan fingerprint density at radius 1 is 1.00 bits per heavy atom. The van der Waals surface area contributed by atoms with E-state index in [2.05, 4.69) is 21.3 Å². The molecule has 1 rings (SSSR count). The van der Waals surface area contributed by atoms with E-state index in [4.69, 9.17) is 0 Å². The molecule has 0 radical (unpaired) electrons. The van der Waals surface area contributed by atoms with Crippen LogP contribution in [-0.4, -0.2) is 73.3 Å². The fourth-order valence-corrected chi connectivity index (χ4v) is 3.85. The second kappa shape index (κ2) is 14.0. The van der Waals surface area contributed by atoms with Gasteiger partial charge in [0.05, 0.1) is 5.92 Å². The highest BCUT2D eigenvalue weighted by Crippen LogP contribution is 2.21. The summed E-state index contributed by atoms with van der Waals surface area (Å²) in [6, 6.07) is -1.90. The van der Waals surface area contributed by atoms with E-state index in [0.717, 1.165) is 12.8 Å². The first-order valence-corrected chi connectivity index (χ1v) is 12.1. The molecule has 1 saturated heterocycles. The smallest absolute Gasteiger partial charge is 0.243 e. The van der Waals surface area contributed by atoms with Crippen molar-refractivity contribution in [1.82, 2.24) is 26.2 Å². The molecule has 33 heavy (non-hydrogen) atoms. The average molecular weight is 466 g/mol. The summed E-state index contributed by atoms with van der Waals surface area (Å²) in [5.41, 5.74) is 0. The van der Waals surface area contributed by atoms with Crippen LogP contribution < -0.4 is 21.3 Å². The summed E-state index contributed by atoms with van der Waals surface area (Å²) in [5.74, 6) is -1.62. The maximum atomic E-state index is 13.1. The monoisotopic (exact) mass is 465 g/mol. The molecule has 4 amide bonds.